The predicted molar refractivity (Wildman–Crippen MR) is 92.9 cm³/mol. The second-order valence-electron chi connectivity index (χ2n) is 5.34. The molecular weight excluding hydrogens is 292 g/mol. The number of aromatic nitrogens is 2. The van der Waals surface area contributed by atoms with Crippen LogP contribution >= 0.6 is 0 Å². The molecule has 2 rings (SSSR count). The minimum Gasteiger partial charge on any atom is -0.497 e. The van der Waals surface area contributed by atoms with Crippen LogP contribution in [0.1, 0.15) is 25.7 Å². The Morgan fingerprint density at radius 1 is 1.17 bits per heavy atom. The number of benzene rings is 1. The van der Waals surface area contributed by atoms with E-state index in [1.165, 1.54) is 6.07 Å². The molecule has 0 radical (unpaired) electrons. The van der Waals surface area contributed by atoms with Crippen LogP contribution in [0, 0.1) is 0 Å². The largest absolute Gasteiger partial charge is 0.497 e. The van der Waals surface area contributed by atoms with Crippen LogP contribution in [0.25, 0.3) is 11.3 Å². The average molecular weight is 316 g/mol. The molecule has 2 aromatic rings. The van der Waals surface area contributed by atoms with Crippen LogP contribution in [-0.4, -0.2) is 30.2 Å². The minimum atomic E-state index is -0.170. The van der Waals surface area contributed by atoms with E-state index in [0.29, 0.717) is 11.6 Å². The Morgan fingerprint density at radius 2 is 1.91 bits per heavy atom. The summed E-state index contributed by atoms with van der Waals surface area (Å²) in [5.41, 5.74) is 6.82. The van der Waals surface area contributed by atoms with Gasteiger partial charge in [0.15, 0.2) is 0 Å². The van der Waals surface area contributed by atoms with Crippen molar-refractivity contribution in [2.45, 2.75) is 25.7 Å². The third-order valence-corrected chi connectivity index (χ3v) is 3.55. The lowest BCUT2D eigenvalue weighted by Crippen LogP contribution is -2.13. The number of methoxy groups -OCH3 is 1. The second kappa shape index (κ2) is 8.95. The summed E-state index contributed by atoms with van der Waals surface area (Å²) >= 11 is 0. The molecule has 0 saturated carbocycles. The van der Waals surface area contributed by atoms with E-state index in [0.717, 1.165) is 50.1 Å². The van der Waals surface area contributed by atoms with Gasteiger partial charge in [0.1, 0.15) is 5.75 Å². The maximum atomic E-state index is 11.8. The fourth-order valence-corrected chi connectivity index (χ4v) is 2.28. The third-order valence-electron chi connectivity index (χ3n) is 3.55. The SMILES string of the molecule is COc1ccc(-c2cc(=O)[nH]c(NCCCCCCN)n2)cc1. The van der Waals surface area contributed by atoms with Crippen LogP contribution in [-0.2, 0) is 0 Å². The number of nitrogens with two attached hydrogens (primary N) is 1. The smallest absolute Gasteiger partial charge is 0.252 e. The third kappa shape index (κ3) is 5.41. The Bertz CT molecular complexity index is 652. The number of hydrogen-bond donors (Lipinski definition) is 3. The molecule has 23 heavy (non-hydrogen) atoms. The highest BCUT2D eigenvalue weighted by Crippen LogP contribution is 2.20. The van der Waals surface area contributed by atoms with Crippen molar-refractivity contribution in [1.29, 1.82) is 0 Å². The van der Waals surface area contributed by atoms with E-state index in [2.05, 4.69) is 15.3 Å². The summed E-state index contributed by atoms with van der Waals surface area (Å²) in [6.07, 6.45) is 4.33. The molecule has 124 valence electrons. The van der Waals surface area contributed by atoms with Gasteiger partial charge in [0.05, 0.1) is 12.8 Å². The second-order valence-corrected chi connectivity index (χ2v) is 5.34. The monoisotopic (exact) mass is 316 g/mol. The van der Waals surface area contributed by atoms with E-state index in [1.54, 1.807) is 7.11 Å². The number of nitrogens with one attached hydrogen (secondary N) is 2. The van der Waals surface area contributed by atoms with Gasteiger partial charge in [-0.2, -0.15) is 0 Å². The lowest BCUT2D eigenvalue weighted by molar-refractivity contribution is 0.415. The van der Waals surface area contributed by atoms with Crippen molar-refractivity contribution in [2.24, 2.45) is 5.73 Å². The molecule has 1 aromatic heterocycles. The van der Waals surface area contributed by atoms with Gasteiger partial charge in [-0.3, -0.25) is 9.78 Å². The quantitative estimate of drug-likeness (QED) is 0.618. The Balaban J connectivity index is 1.99. The number of hydrogen-bond acceptors (Lipinski definition) is 5. The molecule has 6 nitrogen and oxygen atoms in total. The van der Waals surface area contributed by atoms with Gasteiger partial charge in [-0.25, -0.2) is 4.98 Å². The summed E-state index contributed by atoms with van der Waals surface area (Å²) in [5.74, 6) is 1.27. The fraction of sp³-hybridized carbons (Fsp3) is 0.412. The molecule has 1 aromatic carbocycles. The highest BCUT2D eigenvalue weighted by atomic mass is 16.5. The lowest BCUT2D eigenvalue weighted by atomic mass is 10.1. The average Bonchev–Trinajstić information content (AvgIpc) is 2.57. The van der Waals surface area contributed by atoms with Crippen LogP contribution in [0.3, 0.4) is 0 Å². The predicted octanol–water partition coefficient (Wildman–Crippen LogP) is 2.38. The molecule has 0 fully saturated rings. The van der Waals surface area contributed by atoms with Crippen molar-refractivity contribution in [3.8, 4) is 17.0 Å². The van der Waals surface area contributed by atoms with Gasteiger partial charge < -0.3 is 15.8 Å². The molecule has 0 unspecified atom stereocenters. The molecule has 0 spiro atoms. The standard InChI is InChI=1S/C17H24N4O2/c1-23-14-8-6-13(7-9-14)15-12-16(22)21-17(20-15)19-11-5-3-2-4-10-18/h6-9,12H,2-5,10-11,18H2,1H3,(H2,19,20,21,22). The first-order valence-corrected chi connectivity index (χ1v) is 7.92. The molecule has 0 aliphatic heterocycles. The molecule has 4 N–H and O–H groups in total. The van der Waals surface area contributed by atoms with Crippen molar-refractivity contribution >= 4 is 5.95 Å². The molecule has 1 heterocycles. The van der Waals surface area contributed by atoms with Crippen molar-refractivity contribution in [1.82, 2.24) is 9.97 Å². The molecule has 0 aliphatic carbocycles. The van der Waals surface area contributed by atoms with Gasteiger partial charge in [0.25, 0.3) is 5.56 Å². The van der Waals surface area contributed by atoms with Crippen LogP contribution < -0.4 is 21.3 Å². The maximum absolute atomic E-state index is 11.8. The van der Waals surface area contributed by atoms with Gasteiger partial charge in [0, 0.05) is 18.2 Å². The number of rotatable bonds is 9. The van der Waals surface area contributed by atoms with Gasteiger partial charge in [-0.15, -0.1) is 0 Å². The number of anilines is 1. The van der Waals surface area contributed by atoms with Crippen molar-refractivity contribution < 1.29 is 4.74 Å². The van der Waals surface area contributed by atoms with E-state index in [1.807, 2.05) is 24.3 Å². The van der Waals surface area contributed by atoms with E-state index in [-0.39, 0.29) is 5.56 Å². The molecule has 0 bridgehead atoms. The summed E-state index contributed by atoms with van der Waals surface area (Å²) in [5, 5.41) is 3.17. The first kappa shape index (κ1) is 17.0. The summed E-state index contributed by atoms with van der Waals surface area (Å²) in [7, 11) is 1.62. The van der Waals surface area contributed by atoms with Crippen LogP contribution in [0.15, 0.2) is 35.1 Å². The van der Waals surface area contributed by atoms with E-state index >= 15 is 0 Å². The highest BCUT2D eigenvalue weighted by Gasteiger charge is 2.04. The number of H-pyrrole nitrogens is 1. The summed E-state index contributed by atoms with van der Waals surface area (Å²) in [4.78, 5) is 19.0. The topological polar surface area (TPSA) is 93.0 Å². The highest BCUT2D eigenvalue weighted by molar-refractivity contribution is 5.60. The summed E-state index contributed by atoms with van der Waals surface area (Å²) in [6.45, 7) is 1.52. The molecular formula is C17H24N4O2. The minimum absolute atomic E-state index is 0.170. The molecule has 0 aliphatic rings. The van der Waals surface area contributed by atoms with E-state index < -0.39 is 0 Å². The Hall–Kier alpha value is -2.34. The van der Waals surface area contributed by atoms with Crippen molar-refractivity contribution in [3.63, 3.8) is 0 Å². The van der Waals surface area contributed by atoms with Crippen molar-refractivity contribution in [2.75, 3.05) is 25.5 Å². The first-order chi connectivity index (χ1) is 11.2. The van der Waals surface area contributed by atoms with Gasteiger partial charge in [0.2, 0.25) is 5.95 Å². The van der Waals surface area contributed by atoms with Gasteiger partial charge >= 0.3 is 0 Å². The van der Waals surface area contributed by atoms with Gasteiger partial charge in [-0.1, -0.05) is 12.8 Å². The van der Waals surface area contributed by atoms with E-state index in [9.17, 15) is 4.79 Å². The summed E-state index contributed by atoms with van der Waals surface area (Å²) in [6, 6.07) is 8.97. The van der Waals surface area contributed by atoms with Gasteiger partial charge in [-0.05, 0) is 43.7 Å². The zero-order valence-corrected chi connectivity index (χ0v) is 13.5. The fourth-order valence-electron chi connectivity index (χ4n) is 2.28. The Morgan fingerprint density at radius 3 is 2.61 bits per heavy atom. The number of unbranched alkanes of at least 4 members (excludes halogenated alkanes) is 3. The number of ether oxygens (including phenoxy) is 1. The molecule has 0 saturated heterocycles. The maximum Gasteiger partial charge on any atom is 0.252 e. The number of nitrogens with zero attached hydrogens (tertiary/aromatic N) is 1. The lowest BCUT2D eigenvalue weighted by Gasteiger charge is -2.08. The van der Waals surface area contributed by atoms with Crippen molar-refractivity contribution in [3.05, 3.63) is 40.7 Å². The molecule has 0 amide bonds. The Labute approximate surface area is 136 Å². The van der Waals surface area contributed by atoms with Crippen LogP contribution in [0.4, 0.5) is 5.95 Å². The Kier molecular flexibility index (Phi) is 6.62. The van der Waals surface area contributed by atoms with Crippen LogP contribution in [0.5, 0.6) is 5.75 Å². The first-order valence-electron chi connectivity index (χ1n) is 7.92. The van der Waals surface area contributed by atoms with Crippen LogP contribution in [0.2, 0.25) is 0 Å². The molecule has 0 atom stereocenters. The summed E-state index contributed by atoms with van der Waals surface area (Å²) < 4.78 is 5.14. The van der Waals surface area contributed by atoms with E-state index in [4.69, 9.17) is 10.5 Å². The number of aromatic amines is 1. The zero-order valence-electron chi connectivity index (χ0n) is 13.5. The normalized spacial score (nSPS) is 10.5. The molecule has 6 heteroatoms. The zero-order chi connectivity index (χ0) is 16.5.